The average molecular weight is 651 g/mol. The number of carboxylic acids is 1. The standard InChI is InChI=1S/C38H39ClN4O4/c1-26-5-3-8-35(39)36(26)37(44)41-20-17-27(2)42-21-18-32(19-22-42)43(25-29-7-4-6-28(23-29)24-40)31-11-15-34(16-12-31)47-33-13-9-30(10-14-33)38(45)46/h3-16,23,27,32H,17-22,25H2,1-2H3,(H,41,44)(H,45,46). The molecule has 1 saturated heterocycles. The van der Waals surface area contributed by atoms with Crippen LogP contribution in [0.2, 0.25) is 5.02 Å². The molecule has 1 fully saturated rings. The van der Waals surface area contributed by atoms with E-state index in [0.29, 0.717) is 52.8 Å². The minimum Gasteiger partial charge on any atom is -0.478 e. The molecule has 1 amide bonds. The summed E-state index contributed by atoms with van der Waals surface area (Å²) in [6.45, 7) is 7.22. The van der Waals surface area contributed by atoms with Crippen molar-refractivity contribution in [3.63, 3.8) is 0 Å². The molecule has 0 aliphatic carbocycles. The molecule has 0 aromatic heterocycles. The lowest BCUT2D eigenvalue weighted by Crippen LogP contribution is -2.48. The molecule has 1 aliphatic rings. The van der Waals surface area contributed by atoms with Crippen molar-refractivity contribution in [1.29, 1.82) is 5.26 Å². The molecule has 1 aliphatic heterocycles. The molecule has 0 bridgehead atoms. The Morgan fingerprint density at radius 3 is 2.32 bits per heavy atom. The molecule has 1 unspecified atom stereocenters. The summed E-state index contributed by atoms with van der Waals surface area (Å²) in [5.41, 5.74) is 4.38. The number of nitriles is 1. The first kappa shape index (κ1) is 33.5. The summed E-state index contributed by atoms with van der Waals surface area (Å²) in [7, 11) is 0. The van der Waals surface area contributed by atoms with Crippen LogP contribution in [0.4, 0.5) is 5.69 Å². The number of aryl methyl sites for hydroxylation is 1. The average Bonchev–Trinajstić information content (AvgIpc) is 3.08. The van der Waals surface area contributed by atoms with Crippen LogP contribution in [0.3, 0.4) is 0 Å². The summed E-state index contributed by atoms with van der Waals surface area (Å²) in [4.78, 5) is 28.8. The second-order valence-electron chi connectivity index (χ2n) is 12.0. The fourth-order valence-corrected chi connectivity index (χ4v) is 6.41. The van der Waals surface area contributed by atoms with Gasteiger partial charge in [-0.2, -0.15) is 5.26 Å². The van der Waals surface area contributed by atoms with Crippen molar-refractivity contribution in [1.82, 2.24) is 10.2 Å². The van der Waals surface area contributed by atoms with E-state index in [2.05, 4.69) is 34.2 Å². The Kier molecular flexibility index (Phi) is 11.2. The molecule has 1 heterocycles. The SMILES string of the molecule is Cc1cccc(Cl)c1C(=O)NCCC(C)N1CCC(N(Cc2cccc(C#N)c2)c2ccc(Oc3ccc(C(=O)O)cc3)cc2)CC1. The van der Waals surface area contributed by atoms with E-state index in [9.17, 15) is 14.9 Å². The Bertz CT molecular complexity index is 1710. The summed E-state index contributed by atoms with van der Waals surface area (Å²) < 4.78 is 5.98. The maximum Gasteiger partial charge on any atom is 0.335 e. The number of carbonyl (C=O) groups is 2. The minimum absolute atomic E-state index is 0.136. The quantitative estimate of drug-likeness (QED) is 0.162. The van der Waals surface area contributed by atoms with E-state index in [-0.39, 0.29) is 11.5 Å². The minimum atomic E-state index is -0.977. The van der Waals surface area contributed by atoms with E-state index in [0.717, 1.165) is 49.2 Å². The van der Waals surface area contributed by atoms with Gasteiger partial charge in [0.25, 0.3) is 5.91 Å². The van der Waals surface area contributed by atoms with Gasteiger partial charge < -0.3 is 25.0 Å². The second-order valence-corrected chi connectivity index (χ2v) is 12.4. The van der Waals surface area contributed by atoms with Crippen LogP contribution in [0.5, 0.6) is 11.5 Å². The molecule has 2 N–H and O–H groups in total. The fraction of sp³-hybridized carbons (Fsp3) is 0.289. The van der Waals surface area contributed by atoms with Crippen LogP contribution in [-0.2, 0) is 6.54 Å². The molecule has 242 valence electrons. The Labute approximate surface area is 281 Å². The number of rotatable bonds is 12. The summed E-state index contributed by atoms with van der Waals surface area (Å²) in [6, 6.07) is 30.4. The number of ether oxygens (including phenoxy) is 1. The Balaban J connectivity index is 1.22. The van der Waals surface area contributed by atoms with Gasteiger partial charge in [0, 0.05) is 44.0 Å². The van der Waals surface area contributed by atoms with Crippen molar-refractivity contribution in [3.8, 4) is 17.6 Å². The van der Waals surface area contributed by atoms with Crippen molar-refractivity contribution >= 4 is 29.2 Å². The van der Waals surface area contributed by atoms with Gasteiger partial charge in [-0.1, -0.05) is 35.9 Å². The number of hydrogen-bond acceptors (Lipinski definition) is 6. The maximum atomic E-state index is 12.8. The Hall–Kier alpha value is -4.84. The van der Waals surface area contributed by atoms with Crippen LogP contribution in [-0.4, -0.2) is 53.6 Å². The van der Waals surface area contributed by atoms with Crippen LogP contribution >= 0.6 is 11.6 Å². The van der Waals surface area contributed by atoms with Crippen molar-refractivity contribution in [2.24, 2.45) is 0 Å². The smallest absolute Gasteiger partial charge is 0.335 e. The van der Waals surface area contributed by atoms with Gasteiger partial charge in [-0.15, -0.1) is 0 Å². The zero-order chi connectivity index (χ0) is 33.3. The van der Waals surface area contributed by atoms with Crippen LogP contribution in [0.15, 0.2) is 91.0 Å². The predicted octanol–water partition coefficient (Wildman–Crippen LogP) is 7.69. The normalized spacial score (nSPS) is 14.2. The molecule has 5 rings (SSSR count). The van der Waals surface area contributed by atoms with E-state index in [1.807, 2.05) is 61.5 Å². The first-order valence-corrected chi connectivity index (χ1v) is 16.2. The highest BCUT2D eigenvalue weighted by atomic mass is 35.5. The lowest BCUT2D eigenvalue weighted by Gasteiger charge is -2.42. The van der Waals surface area contributed by atoms with E-state index < -0.39 is 5.97 Å². The zero-order valence-corrected chi connectivity index (χ0v) is 27.4. The number of anilines is 1. The van der Waals surface area contributed by atoms with E-state index in [4.69, 9.17) is 21.4 Å². The number of benzene rings is 4. The van der Waals surface area contributed by atoms with Gasteiger partial charge in [0.2, 0.25) is 0 Å². The van der Waals surface area contributed by atoms with Gasteiger partial charge in [-0.25, -0.2) is 4.79 Å². The van der Waals surface area contributed by atoms with Crippen molar-refractivity contribution in [2.75, 3.05) is 24.5 Å². The number of nitrogens with zero attached hydrogens (tertiary/aromatic N) is 3. The summed E-state index contributed by atoms with van der Waals surface area (Å²) in [6.07, 6.45) is 2.79. The number of likely N-dealkylation sites (tertiary alicyclic amines) is 1. The van der Waals surface area contributed by atoms with Crippen LogP contribution in [0, 0.1) is 18.3 Å². The maximum absolute atomic E-state index is 12.8. The largest absolute Gasteiger partial charge is 0.478 e. The monoisotopic (exact) mass is 650 g/mol. The molecule has 1 atom stereocenters. The number of halogens is 1. The first-order valence-electron chi connectivity index (χ1n) is 15.9. The van der Waals surface area contributed by atoms with Gasteiger partial charge in [0.1, 0.15) is 11.5 Å². The number of amides is 1. The van der Waals surface area contributed by atoms with E-state index >= 15 is 0 Å². The topological polar surface area (TPSA) is 106 Å². The molecule has 47 heavy (non-hydrogen) atoms. The molecule has 0 radical (unpaired) electrons. The van der Waals surface area contributed by atoms with Gasteiger partial charge >= 0.3 is 5.97 Å². The third-order valence-corrected chi connectivity index (χ3v) is 9.09. The summed E-state index contributed by atoms with van der Waals surface area (Å²) in [5, 5.41) is 22.1. The van der Waals surface area contributed by atoms with Crippen LogP contribution in [0.1, 0.15) is 63.6 Å². The van der Waals surface area contributed by atoms with Gasteiger partial charge in [0.15, 0.2) is 0 Å². The number of carbonyl (C=O) groups excluding carboxylic acids is 1. The number of nitrogens with one attached hydrogen (secondary N) is 1. The molecular weight excluding hydrogens is 612 g/mol. The Morgan fingerprint density at radius 1 is 1.02 bits per heavy atom. The van der Waals surface area contributed by atoms with E-state index in [1.165, 1.54) is 12.1 Å². The molecule has 4 aromatic rings. The molecule has 0 saturated carbocycles. The molecule has 8 nitrogen and oxygen atoms in total. The number of aromatic carboxylic acids is 1. The molecule has 4 aromatic carbocycles. The van der Waals surface area contributed by atoms with Crippen molar-refractivity contribution < 1.29 is 19.4 Å². The molecular formula is C38H39ClN4O4. The summed E-state index contributed by atoms with van der Waals surface area (Å²) >= 11 is 6.28. The fourth-order valence-electron chi connectivity index (χ4n) is 6.10. The highest BCUT2D eigenvalue weighted by Gasteiger charge is 2.27. The lowest BCUT2D eigenvalue weighted by atomic mass is 9.99. The predicted molar refractivity (Wildman–Crippen MR) is 184 cm³/mol. The number of piperidine rings is 1. The summed E-state index contributed by atoms with van der Waals surface area (Å²) in [5.74, 6) is 0.106. The van der Waals surface area contributed by atoms with Crippen molar-refractivity contribution in [3.05, 3.63) is 124 Å². The van der Waals surface area contributed by atoms with Gasteiger partial charge in [0.05, 0.1) is 27.8 Å². The number of carboxylic acid groups (broad SMARTS) is 1. The Morgan fingerprint density at radius 2 is 1.68 bits per heavy atom. The number of hydrogen-bond donors (Lipinski definition) is 2. The zero-order valence-electron chi connectivity index (χ0n) is 26.7. The van der Waals surface area contributed by atoms with Gasteiger partial charge in [-0.3, -0.25) is 4.79 Å². The van der Waals surface area contributed by atoms with Crippen LogP contribution in [0.25, 0.3) is 0 Å². The van der Waals surface area contributed by atoms with E-state index in [1.54, 1.807) is 18.2 Å². The highest BCUT2D eigenvalue weighted by Crippen LogP contribution is 2.30. The first-order chi connectivity index (χ1) is 22.7. The van der Waals surface area contributed by atoms with Crippen molar-refractivity contribution in [2.45, 2.75) is 51.7 Å². The lowest BCUT2D eigenvalue weighted by molar-refractivity contribution is 0.0696. The third-order valence-electron chi connectivity index (χ3n) is 8.77. The highest BCUT2D eigenvalue weighted by molar-refractivity contribution is 6.34. The van der Waals surface area contributed by atoms with Gasteiger partial charge in [-0.05, 0) is 111 Å². The molecule has 9 heteroatoms. The molecule has 0 spiro atoms. The second kappa shape index (κ2) is 15.6. The third kappa shape index (κ3) is 8.70. The van der Waals surface area contributed by atoms with Crippen LogP contribution < -0.4 is 15.0 Å².